The molecule has 0 heterocycles. The maximum atomic E-state index is 10.8. The van der Waals surface area contributed by atoms with E-state index in [0.717, 1.165) is 44.9 Å². The van der Waals surface area contributed by atoms with Gasteiger partial charge in [-0.2, -0.15) is 0 Å². The minimum Gasteiger partial charge on any atom is -0.481 e. The highest BCUT2D eigenvalue weighted by Gasteiger charge is 2.14. The lowest BCUT2D eigenvalue weighted by molar-refractivity contribution is -0.142. The van der Waals surface area contributed by atoms with Crippen LogP contribution in [0.3, 0.4) is 0 Å². The van der Waals surface area contributed by atoms with Gasteiger partial charge in [-0.15, -0.1) is 0 Å². The molecule has 0 aliphatic carbocycles. The fourth-order valence-electron chi connectivity index (χ4n) is 1.68. The summed E-state index contributed by atoms with van der Waals surface area (Å²) in [6, 6.07) is 0. The van der Waals surface area contributed by atoms with Crippen molar-refractivity contribution in [3.05, 3.63) is 12.2 Å². The van der Waals surface area contributed by atoms with E-state index < -0.39 is 5.97 Å². The number of hydrogen-bond acceptors (Lipinski definition) is 1. The second-order valence-corrected chi connectivity index (χ2v) is 3.99. The zero-order valence-electron chi connectivity index (χ0n) is 10.0. The highest BCUT2D eigenvalue weighted by molar-refractivity contribution is 5.69. The van der Waals surface area contributed by atoms with E-state index in [0.29, 0.717) is 0 Å². The zero-order chi connectivity index (χ0) is 11.5. The molecule has 0 spiro atoms. The van der Waals surface area contributed by atoms with Gasteiger partial charge < -0.3 is 5.11 Å². The Balaban J connectivity index is 3.53. The summed E-state index contributed by atoms with van der Waals surface area (Å²) in [5, 5.41) is 8.93. The predicted octanol–water partition coefficient (Wildman–Crippen LogP) is 4.01. The summed E-state index contributed by atoms with van der Waals surface area (Å²) in [5.74, 6) is -0.744. The second kappa shape index (κ2) is 9.75. The summed E-state index contributed by atoms with van der Waals surface area (Å²) in [4.78, 5) is 10.8. The van der Waals surface area contributed by atoms with Crippen molar-refractivity contribution in [1.29, 1.82) is 0 Å². The number of carboxylic acid groups (broad SMARTS) is 1. The number of rotatable bonds is 9. The van der Waals surface area contributed by atoms with Gasteiger partial charge in [0, 0.05) is 0 Å². The van der Waals surface area contributed by atoms with Gasteiger partial charge in [0.1, 0.15) is 0 Å². The number of hydrogen-bond donors (Lipinski definition) is 1. The molecule has 88 valence electrons. The molecule has 2 nitrogen and oxygen atoms in total. The summed E-state index contributed by atoms with van der Waals surface area (Å²) in [7, 11) is 0. The topological polar surface area (TPSA) is 37.3 Å². The van der Waals surface area contributed by atoms with Crippen molar-refractivity contribution in [3.63, 3.8) is 0 Å². The largest absolute Gasteiger partial charge is 0.481 e. The molecule has 0 aromatic carbocycles. The third-order valence-electron chi connectivity index (χ3n) is 2.56. The van der Waals surface area contributed by atoms with E-state index in [4.69, 9.17) is 5.11 Å². The zero-order valence-corrected chi connectivity index (χ0v) is 10.0. The van der Waals surface area contributed by atoms with Crippen molar-refractivity contribution < 1.29 is 9.90 Å². The SMILES string of the molecule is CC/C=C/CCCCC(CCC)C(=O)O. The molecular weight excluding hydrogens is 188 g/mol. The monoisotopic (exact) mass is 212 g/mol. The van der Waals surface area contributed by atoms with Gasteiger partial charge in [-0.05, 0) is 32.1 Å². The van der Waals surface area contributed by atoms with E-state index in [2.05, 4.69) is 19.1 Å². The van der Waals surface area contributed by atoms with Crippen molar-refractivity contribution >= 4 is 5.97 Å². The molecule has 0 aliphatic heterocycles. The Labute approximate surface area is 93.4 Å². The molecular formula is C13H24O2. The highest BCUT2D eigenvalue weighted by atomic mass is 16.4. The first-order valence-electron chi connectivity index (χ1n) is 6.10. The Morgan fingerprint density at radius 1 is 1.20 bits per heavy atom. The molecule has 0 amide bonds. The van der Waals surface area contributed by atoms with Crippen LogP contribution in [0, 0.1) is 5.92 Å². The fourth-order valence-corrected chi connectivity index (χ4v) is 1.68. The van der Waals surface area contributed by atoms with E-state index in [-0.39, 0.29) is 5.92 Å². The predicted molar refractivity (Wildman–Crippen MR) is 63.9 cm³/mol. The summed E-state index contributed by atoms with van der Waals surface area (Å²) < 4.78 is 0. The smallest absolute Gasteiger partial charge is 0.306 e. The van der Waals surface area contributed by atoms with Crippen molar-refractivity contribution in [2.45, 2.75) is 58.8 Å². The van der Waals surface area contributed by atoms with Crippen LogP contribution in [-0.2, 0) is 4.79 Å². The first-order chi connectivity index (χ1) is 7.22. The number of aliphatic carboxylic acids is 1. The van der Waals surface area contributed by atoms with Gasteiger partial charge in [0.05, 0.1) is 5.92 Å². The summed E-state index contributed by atoms with van der Waals surface area (Å²) in [6.45, 7) is 4.16. The molecule has 0 bridgehead atoms. The van der Waals surface area contributed by atoms with Crippen molar-refractivity contribution in [1.82, 2.24) is 0 Å². The summed E-state index contributed by atoms with van der Waals surface area (Å²) >= 11 is 0. The quantitative estimate of drug-likeness (QED) is 0.463. The van der Waals surface area contributed by atoms with E-state index in [1.54, 1.807) is 0 Å². The van der Waals surface area contributed by atoms with Gasteiger partial charge in [-0.3, -0.25) is 4.79 Å². The van der Waals surface area contributed by atoms with Gasteiger partial charge in [-0.25, -0.2) is 0 Å². The van der Waals surface area contributed by atoms with E-state index >= 15 is 0 Å². The van der Waals surface area contributed by atoms with Gasteiger partial charge in [0.2, 0.25) is 0 Å². The van der Waals surface area contributed by atoms with Crippen molar-refractivity contribution in [2.24, 2.45) is 5.92 Å². The molecule has 1 atom stereocenters. The normalized spacial score (nSPS) is 13.2. The van der Waals surface area contributed by atoms with Crippen LogP contribution in [0.4, 0.5) is 0 Å². The fraction of sp³-hybridized carbons (Fsp3) is 0.769. The minimum absolute atomic E-state index is 0.120. The lowest BCUT2D eigenvalue weighted by Crippen LogP contribution is -2.13. The van der Waals surface area contributed by atoms with Crippen LogP contribution in [0.5, 0.6) is 0 Å². The average molecular weight is 212 g/mol. The third-order valence-corrected chi connectivity index (χ3v) is 2.56. The van der Waals surface area contributed by atoms with Crippen LogP contribution in [-0.4, -0.2) is 11.1 Å². The molecule has 0 fully saturated rings. The maximum Gasteiger partial charge on any atom is 0.306 e. The molecule has 0 aliphatic rings. The summed E-state index contributed by atoms with van der Waals surface area (Å²) in [6.07, 6.45) is 11.3. The Bertz CT molecular complexity index is 185. The van der Waals surface area contributed by atoms with E-state index in [1.165, 1.54) is 0 Å². The molecule has 1 N–H and O–H groups in total. The van der Waals surface area contributed by atoms with E-state index in [1.807, 2.05) is 6.92 Å². The van der Waals surface area contributed by atoms with Crippen LogP contribution in [0.25, 0.3) is 0 Å². The molecule has 0 rings (SSSR count). The van der Waals surface area contributed by atoms with Gasteiger partial charge in [-0.1, -0.05) is 38.8 Å². The van der Waals surface area contributed by atoms with Crippen LogP contribution < -0.4 is 0 Å². The van der Waals surface area contributed by atoms with Crippen LogP contribution in [0.15, 0.2) is 12.2 Å². The molecule has 0 saturated heterocycles. The lowest BCUT2D eigenvalue weighted by Gasteiger charge is -2.09. The molecule has 15 heavy (non-hydrogen) atoms. The van der Waals surface area contributed by atoms with Crippen LogP contribution in [0.1, 0.15) is 58.8 Å². The standard InChI is InChI=1S/C13H24O2/c1-3-5-6-7-8-9-11-12(10-4-2)13(14)15/h5-6,12H,3-4,7-11H2,1-2H3,(H,14,15)/b6-5+. The Morgan fingerprint density at radius 2 is 1.93 bits per heavy atom. The molecule has 0 aromatic rings. The maximum absolute atomic E-state index is 10.8. The molecule has 1 unspecified atom stereocenters. The highest BCUT2D eigenvalue weighted by Crippen LogP contribution is 2.15. The van der Waals surface area contributed by atoms with Crippen molar-refractivity contribution in [2.75, 3.05) is 0 Å². The minimum atomic E-state index is -0.624. The number of allylic oxidation sites excluding steroid dienone is 2. The Morgan fingerprint density at radius 3 is 2.47 bits per heavy atom. The average Bonchev–Trinajstić information content (AvgIpc) is 2.21. The first kappa shape index (κ1) is 14.2. The molecule has 0 radical (unpaired) electrons. The lowest BCUT2D eigenvalue weighted by atomic mass is 9.97. The van der Waals surface area contributed by atoms with Crippen LogP contribution >= 0.6 is 0 Å². The summed E-state index contributed by atoms with van der Waals surface area (Å²) in [5.41, 5.74) is 0. The number of unbranched alkanes of at least 4 members (excludes halogenated alkanes) is 2. The van der Waals surface area contributed by atoms with Gasteiger partial charge >= 0.3 is 5.97 Å². The van der Waals surface area contributed by atoms with Crippen molar-refractivity contribution in [3.8, 4) is 0 Å². The van der Waals surface area contributed by atoms with Gasteiger partial charge in [0.15, 0.2) is 0 Å². The number of carboxylic acids is 1. The Kier molecular flexibility index (Phi) is 9.24. The third kappa shape index (κ3) is 8.22. The first-order valence-corrected chi connectivity index (χ1v) is 6.10. The Hall–Kier alpha value is -0.790. The van der Waals surface area contributed by atoms with Crippen LogP contribution in [0.2, 0.25) is 0 Å². The molecule has 2 heteroatoms. The molecule has 0 aromatic heterocycles. The number of carbonyl (C=O) groups is 1. The van der Waals surface area contributed by atoms with Gasteiger partial charge in [0.25, 0.3) is 0 Å². The molecule has 0 saturated carbocycles. The van der Waals surface area contributed by atoms with E-state index in [9.17, 15) is 4.79 Å². The second-order valence-electron chi connectivity index (χ2n) is 3.99.